The molecule has 2 aromatic rings. The first kappa shape index (κ1) is 14.7. The highest BCUT2D eigenvalue weighted by atomic mass is 16.5. The number of hydrogen-bond donors (Lipinski definition) is 1. The topological polar surface area (TPSA) is 63.3 Å². The molecule has 23 heavy (non-hydrogen) atoms. The van der Waals surface area contributed by atoms with Gasteiger partial charge >= 0.3 is 0 Å². The van der Waals surface area contributed by atoms with Gasteiger partial charge in [0.1, 0.15) is 23.5 Å². The van der Waals surface area contributed by atoms with Gasteiger partial charge in [-0.25, -0.2) is 4.98 Å². The molecule has 0 bridgehead atoms. The Kier molecular flexibility index (Phi) is 3.58. The van der Waals surface area contributed by atoms with Crippen molar-refractivity contribution in [2.24, 2.45) is 0 Å². The van der Waals surface area contributed by atoms with Gasteiger partial charge in [0.25, 0.3) is 0 Å². The van der Waals surface area contributed by atoms with Crippen LogP contribution in [0.2, 0.25) is 0 Å². The van der Waals surface area contributed by atoms with Crippen molar-refractivity contribution in [3.05, 3.63) is 41.5 Å². The second-order valence-electron chi connectivity index (χ2n) is 6.88. The fraction of sp³-hybridized carbons (Fsp3) is 0.529. The molecule has 122 valence electrons. The second kappa shape index (κ2) is 5.62. The maximum absolute atomic E-state index is 6.20. The van der Waals surface area contributed by atoms with Crippen molar-refractivity contribution in [2.75, 3.05) is 19.8 Å². The Morgan fingerprint density at radius 3 is 3.13 bits per heavy atom. The summed E-state index contributed by atoms with van der Waals surface area (Å²) in [6.07, 6.45) is 2.51. The molecule has 4 rings (SSSR count). The number of aromatic amines is 1. The van der Waals surface area contributed by atoms with E-state index in [0.717, 1.165) is 37.7 Å². The van der Waals surface area contributed by atoms with E-state index in [-0.39, 0.29) is 11.6 Å². The maximum atomic E-state index is 6.20. The molecule has 1 aromatic carbocycles. The van der Waals surface area contributed by atoms with E-state index in [0.29, 0.717) is 6.61 Å². The van der Waals surface area contributed by atoms with Gasteiger partial charge in [-0.2, -0.15) is 5.10 Å². The average molecular weight is 314 g/mol. The molecule has 2 aliphatic heterocycles. The van der Waals surface area contributed by atoms with Gasteiger partial charge in [-0.3, -0.25) is 10.00 Å². The van der Waals surface area contributed by atoms with Crippen molar-refractivity contribution in [2.45, 2.75) is 38.5 Å². The molecule has 1 N–H and O–H groups in total. The minimum Gasteiger partial charge on any atom is -0.487 e. The monoisotopic (exact) mass is 314 g/mol. The Bertz CT molecular complexity index is 684. The number of nitrogens with one attached hydrogen (secondary N) is 1. The third-order valence-corrected chi connectivity index (χ3v) is 4.53. The zero-order valence-electron chi connectivity index (χ0n) is 13.6. The predicted octanol–water partition coefficient (Wildman–Crippen LogP) is 2.09. The first-order chi connectivity index (χ1) is 11.1. The predicted molar refractivity (Wildman–Crippen MR) is 85.2 cm³/mol. The van der Waals surface area contributed by atoms with E-state index in [4.69, 9.17) is 9.47 Å². The minimum atomic E-state index is -0.117. The molecular formula is C17H22N4O2. The zero-order chi connectivity index (χ0) is 15.9. The van der Waals surface area contributed by atoms with Crippen molar-refractivity contribution in [3.63, 3.8) is 0 Å². The smallest absolute Gasteiger partial charge is 0.143 e. The maximum Gasteiger partial charge on any atom is 0.143 e. The highest BCUT2D eigenvalue weighted by Gasteiger charge is 2.33. The number of nitrogens with zero attached hydrogens (tertiary/aromatic N) is 3. The second-order valence-corrected chi connectivity index (χ2v) is 6.88. The quantitative estimate of drug-likeness (QED) is 0.940. The summed E-state index contributed by atoms with van der Waals surface area (Å²) in [5.41, 5.74) is 2.42. The SMILES string of the molecule is CC1(C)Cc2cccc(CN3CCOCC3c3ncn[nH]3)c2O1. The Morgan fingerprint density at radius 2 is 2.30 bits per heavy atom. The summed E-state index contributed by atoms with van der Waals surface area (Å²) in [5, 5.41) is 6.95. The van der Waals surface area contributed by atoms with Crippen LogP contribution in [0.1, 0.15) is 36.8 Å². The number of para-hydroxylation sites is 1. The molecule has 0 spiro atoms. The molecule has 0 saturated carbocycles. The van der Waals surface area contributed by atoms with Crippen LogP contribution in [0.25, 0.3) is 0 Å². The van der Waals surface area contributed by atoms with E-state index in [1.807, 2.05) is 0 Å². The largest absolute Gasteiger partial charge is 0.487 e. The van der Waals surface area contributed by atoms with Crippen molar-refractivity contribution < 1.29 is 9.47 Å². The number of benzene rings is 1. The van der Waals surface area contributed by atoms with Gasteiger partial charge in [0.2, 0.25) is 0 Å². The molecule has 2 aliphatic rings. The number of ether oxygens (including phenoxy) is 2. The first-order valence-corrected chi connectivity index (χ1v) is 8.09. The van der Waals surface area contributed by atoms with Gasteiger partial charge in [-0.05, 0) is 19.4 Å². The molecule has 1 aromatic heterocycles. The molecular weight excluding hydrogens is 292 g/mol. The van der Waals surface area contributed by atoms with Crippen LogP contribution in [0.5, 0.6) is 5.75 Å². The lowest BCUT2D eigenvalue weighted by atomic mass is 10.00. The molecule has 6 nitrogen and oxygen atoms in total. The van der Waals surface area contributed by atoms with Crippen molar-refractivity contribution in [1.82, 2.24) is 20.1 Å². The van der Waals surface area contributed by atoms with E-state index in [2.05, 4.69) is 52.1 Å². The highest BCUT2D eigenvalue weighted by molar-refractivity contribution is 5.45. The van der Waals surface area contributed by atoms with Crippen LogP contribution >= 0.6 is 0 Å². The van der Waals surface area contributed by atoms with Gasteiger partial charge in [0.15, 0.2) is 0 Å². The third kappa shape index (κ3) is 2.84. The van der Waals surface area contributed by atoms with Gasteiger partial charge in [-0.15, -0.1) is 0 Å². The van der Waals surface area contributed by atoms with Crippen LogP contribution in [-0.2, 0) is 17.7 Å². The van der Waals surface area contributed by atoms with Crippen LogP contribution < -0.4 is 4.74 Å². The molecule has 0 radical (unpaired) electrons. The number of H-pyrrole nitrogens is 1. The molecule has 3 heterocycles. The zero-order valence-corrected chi connectivity index (χ0v) is 13.6. The van der Waals surface area contributed by atoms with Crippen molar-refractivity contribution in [3.8, 4) is 5.75 Å². The Hall–Kier alpha value is -1.92. The number of rotatable bonds is 3. The molecule has 1 unspecified atom stereocenters. The standard InChI is InChI=1S/C17H22N4O2/c1-17(2)8-12-4-3-5-13(15(12)23-17)9-21-6-7-22-10-14(21)16-18-11-19-20-16/h3-5,11,14H,6-10H2,1-2H3,(H,18,19,20). The third-order valence-electron chi connectivity index (χ3n) is 4.53. The van der Waals surface area contributed by atoms with E-state index in [9.17, 15) is 0 Å². The molecule has 0 aliphatic carbocycles. The lowest BCUT2D eigenvalue weighted by molar-refractivity contribution is -0.0163. The van der Waals surface area contributed by atoms with Crippen molar-refractivity contribution in [1.29, 1.82) is 0 Å². The van der Waals surface area contributed by atoms with Gasteiger partial charge in [0, 0.05) is 25.1 Å². The number of aromatic nitrogens is 3. The fourth-order valence-corrected chi connectivity index (χ4v) is 3.48. The summed E-state index contributed by atoms with van der Waals surface area (Å²) in [6, 6.07) is 6.56. The summed E-state index contributed by atoms with van der Waals surface area (Å²) >= 11 is 0. The summed E-state index contributed by atoms with van der Waals surface area (Å²) in [4.78, 5) is 6.69. The van der Waals surface area contributed by atoms with E-state index >= 15 is 0 Å². The van der Waals surface area contributed by atoms with E-state index < -0.39 is 0 Å². The number of fused-ring (bicyclic) bond motifs is 1. The Morgan fingerprint density at radius 1 is 1.39 bits per heavy atom. The van der Waals surface area contributed by atoms with E-state index in [1.165, 1.54) is 11.1 Å². The first-order valence-electron chi connectivity index (χ1n) is 8.09. The van der Waals surface area contributed by atoms with Crippen LogP contribution in [0.3, 0.4) is 0 Å². The Balaban J connectivity index is 1.59. The molecule has 6 heteroatoms. The molecule has 1 saturated heterocycles. The average Bonchev–Trinajstić information content (AvgIpc) is 3.14. The Labute approximate surface area is 135 Å². The molecule has 0 amide bonds. The minimum absolute atomic E-state index is 0.108. The van der Waals surface area contributed by atoms with Gasteiger partial charge in [0.05, 0.1) is 19.3 Å². The van der Waals surface area contributed by atoms with Gasteiger partial charge < -0.3 is 9.47 Å². The lowest BCUT2D eigenvalue weighted by Gasteiger charge is -2.34. The fourth-order valence-electron chi connectivity index (χ4n) is 3.48. The van der Waals surface area contributed by atoms with Crippen LogP contribution in [0, 0.1) is 0 Å². The van der Waals surface area contributed by atoms with Gasteiger partial charge in [-0.1, -0.05) is 18.2 Å². The molecule has 1 fully saturated rings. The summed E-state index contributed by atoms with van der Waals surface area (Å²) < 4.78 is 11.8. The highest BCUT2D eigenvalue weighted by Crippen LogP contribution is 2.38. The summed E-state index contributed by atoms with van der Waals surface area (Å²) in [7, 11) is 0. The molecule has 1 atom stereocenters. The van der Waals surface area contributed by atoms with Crippen molar-refractivity contribution >= 4 is 0 Å². The summed E-state index contributed by atoms with van der Waals surface area (Å²) in [6.45, 7) is 7.36. The summed E-state index contributed by atoms with van der Waals surface area (Å²) in [5.74, 6) is 1.92. The van der Waals surface area contributed by atoms with Crippen LogP contribution in [-0.4, -0.2) is 45.4 Å². The van der Waals surface area contributed by atoms with Crippen LogP contribution in [0.4, 0.5) is 0 Å². The van der Waals surface area contributed by atoms with E-state index in [1.54, 1.807) is 6.33 Å². The normalized spacial score (nSPS) is 23.5. The lowest BCUT2D eigenvalue weighted by Crippen LogP contribution is -2.39. The number of hydrogen-bond acceptors (Lipinski definition) is 5. The van der Waals surface area contributed by atoms with Crippen LogP contribution in [0.15, 0.2) is 24.5 Å². The number of morpholine rings is 1.